The summed E-state index contributed by atoms with van der Waals surface area (Å²) in [6, 6.07) is -0.581. The maximum atomic E-state index is 11.3. The van der Waals surface area contributed by atoms with Crippen LogP contribution in [0.25, 0.3) is 0 Å². The van der Waals surface area contributed by atoms with Gasteiger partial charge in [-0.25, -0.2) is 14.6 Å². The average molecular weight is 289 g/mol. The van der Waals surface area contributed by atoms with Crippen molar-refractivity contribution in [1.29, 1.82) is 0 Å². The number of aromatic nitrogens is 1. The zero-order valence-electron chi connectivity index (χ0n) is 9.64. The number of carbonyl (C=O) groups is 3. The summed E-state index contributed by atoms with van der Waals surface area (Å²) in [6.07, 6.45) is 0. The van der Waals surface area contributed by atoms with Gasteiger partial charge in [0.05, 0.1) is 11.4 Å². The summed E-state index contributed by atoms with van der Waals surface area (Å²) in [4.78, 5) is 37.1. The number of imide groups is 1. The SMILES string of the molecule is CNC(=O)NC(=O)CSc1nc(C)c(C(=O)O)s1. The molecule has 0 saturated heterocycles. The van der Waals surface area contributed by atoms with Crippen LogP contribution in [0, 0.1) is 6.92 Å². The summed E-state index contributed by atoms with van der Waals surface area (Å²) in [5.74, 6) is -1.50. The van der Waals surface area contributed by atoms with Crippen LogP contribution in [0.5, 0.6) is 0 Å². The summed E-state index contributed by atoms with van der Waals surface area (Å²) < 4.78 is 0.483. The van der Waals surface area contributed by atoms with E-state index in [1.165, 1.54) is 7.05 Å². The van der Waals surface area contributed by atoms with E-state index in [-0.39, 0.29) is 10.6 Å². The fraction of sp³-hybridized carbons (Fsp3) is 0.333. The fourth-order valence-electron chi connectivity index (χ4n) is 0.984. The van der Waals surface area contributed by atoms with E-state index in [9.17, 15) is 14.4 Å². The van der Waals surface area contributed by atoms with E-state index in [1.807, 2.05) is 0 Å². The van der Waals surface area contributed by atoms with Crippen molar-refractivity contribution in [2.24, 2.45) is 0 Å². The van der Waals surface area contributed by atoms with Gasteiger partial charge in [-0.1, -0.05) is 11.8 Å². The number of amides is 3. The summed E-state index contributed by atoms with van der Waals surface area (Å²) in [5.41, 5.74) is 0.418. The summed E-state index contributed by atoms with van der Waals surface area (Å²) in [6.45, 7) is 1.59. The van der Waals surface area contributed by atoms with Gasteiger partial charge in [-0.2, -0.15) is 0 Å². The first-order valence-corrected chi connectivity index (χ1v) is 6.59. The summed E-state index contributed by atoms with van der Waals surface area (Å²) in [7, 11) is 1.40. The van der Waals surface area contributed by atoms with Crippen LogP contribution in [0.15, 0.2) is 4.34 Å². The number of thiazole rings is 1. The Morgan fingerprint density at radius 3 is 2.61 bits per heavy atom. The van der Waals surface area contributed by atoms with E-state index in [2.05, 4.69) is 15.6 Å². The molecule has 0 aliphatic heterocycles. The van der Waals surface area contributed by atoms with E-state index >= 15 is 0 Å². The maximum Gasteiger partial charge on any atom is 0.347 e. The monoisotopic (exact) mass is 289 g/mol. The average Bonchev–Trinajstić information content (AvgIpc) is 2.68. The first-order chi connectivity index (χ1) is 8.43. The normalized spacial score (nSPS) is 9.89. The number of nitrogens with zero attached hydrogens (tertiary/aromatic N) is 1. The second kappa shape index (κ2) is 6.36. The minimum absolute atomic E-state index is 0.000563. The molecular weight excluding hydrogens is 278 g/mol. The molecule has 0 bridgehead atoms. The van der Waals surface area contributed by atoms with Gasteiger partial charge in [0.25, 0.3) is 0 Å². The third-order valence-electron chi connectivity index (χ3n) is 1.78. The van der Waals surface area contributed by atoms with Gasteiger partial charge in [0.1, 0.15) is 4.88 Å². The van der Waals surface area contributed by atoms with Crippen LogP contribution in [0.1, 0.15) is 15.4 Å². The molecule has 0 fully saturated rings. The minimum atomic E-state index is -1.04. The number of carboxylic acids is 1. The van der Waals surface area contributed by atoms with Crippen LogP contribution in [0.4, 0.5) is 4.79 Å². The van der Waals surface area contributed by atoms with Crippen molar-refractivity contribution in [2.75, 3.05) is 12.8 Å². The van der Waals surface area contributed by atoms with Crippen LogP contribution in [0.2, 0.25) is 0 Å². The predicted octanol–water partition coefficient (Wildman–Crippen LogP) is 0.697. The van der Waals surface area contributed by atoms with E-state index in [0.717, 1.165) is 23.1 Å². The number of nitrogens with one attached hydrogen (secondary N) is 2. The number of rotatable bonds is 4. The van der Waals surface area contributed by atoms with E-state index in [4.69, 9.17) is 5.11 Å². The molecule has 0 aliphatic carbocycles. The number of aromatic carboxylic acids is 1. The van der Waals surface area contributed by atoms with Crippen molar-refractivity contribution in [1.82, 2.24) is 15.6 Å². The molecule has 98 valence electrons. The molecule has 0 spiro atoms. The Labute approximate surface area is 111 Å². The first kappa shape index (κ1) is 14.5. The van der Waals surface area contributed by atoms with E-state index in [0.29, 0.717) is 10.0 Å². The third-order valence-corrected chi connectivity index (χ3v) is 4.07. The van der Waals surface area contributed by atoms with Crippen LogP contribution in [-0.4, -0.2) is 40.8 Å². The fourth-order valence-corrected chi connectivity index (χ4v) is 2.81. The standard InChI is InChI=1S/C9H11N3O4S2/c1-4-6(7(14)15)18-9(11-4)17-3-5(13)12-8(16)10-2/h3H2,1-2H3,(H,14,15)(H2,10,12,13,16). The van der Waals surface area contributed by atoms with E-state index in [1.54, 1.807) is 6.92 Å². The molecule has 0 aromatic carbocycles. The molecule has 0 radical (unpaired) electrons. The first-order valence-electron chi connectivity index (χ1n) is 4.79. The van der Waals surface area contributed by atoms with Gasteiger partial charge in [0, 0.05) is 7.05 Å². The number of hydrogen-bond donors (Lipinski definition) is 3. The lowest BCUT2D eigenvalue weighted by molar-refractivity contribution is -0.117. The molecule has 1 aromatic rings. The summed E-state index contributed by atoms with van der Waals surface area (Å²) in [5, 5.41) is 13.2. The second-order valence-electron chi connectivity index (χ2n) is 3.12. The molecule has 3 amide bonds. The molecule has 9 heteroatoms. The zero-order valence-corrected chi connectivity index (χ0v) is 11.3. The lowest BCUT2D eigenvalue weighted by Gasteiger charge is -2.00. The smallest absolute Gasteiger partial charge is 0.347 e. The molecule has 3 N–H and O–H groups in total. The second-order valence-corrected chi connectivity index (χ2v) is 5.34. The summed E-state index contributed by atoms with van der Waals surface area (Å²) >= 11 is 2.09. The largest absolute Gasteiger partial charge is 0.477 e. The number of carboxylic acid groups (broad SMARTS) is 1. The van der Waals surface area contributed by atoms with Crippen molar-refractivity contribution in [3.63, 3.8) is 0 Å². The number of hydrogen-bond acceptors (Lipinski definition) is 6. The minimum Gasteiger partial charge on any atom is -0.477 e. The lowest BCUT2D eigenvalue weighted by Crippen LogP contribution is -2.38. The van der Waals surface area contributed by atoms with Gasteiger partial charge in [0.15, 0.2) is 4.34 Å². The highest BCUT2D eigenvalue weighted by atomic mass is 32.2. The Balaban J connectivity index is 2.54. The number of thioether (sulfide) groups is 1. The molecule has 0 aliphatic rings. The Kier molecular flexibility index (Phi) is 5.10. The van der Waals surface area contributed by atoms with Gasteiger partial charge in [0.2, 0.25) is 5.91 Å². The van der Waals surface area contributed by atoms with Crippen molar-refractivity contribution in [3.8, 4) is 0 Å². The molecule has 1 aromatic heterocycles. The van der Waals surface area contributed by atoms with Crippen molar-refractivity contribution in [2.45, 2.75) is 11.3 Å². The van der Waals surface area contributed by atoms with Crippen LogP contribution < -0.4 is 10.6 Å². The highest BCUT2D eigenvalue weighted by molar-refractivity contribution is 8.01. The molecular formula is C9H11N3O4S2. The Bertz CT molecular complexity index is 486. The molecule has 0 saturated carbocycles. The van der Waals surface area contributed by atoms with Crippen molar-refractivity contribution in [3.05, 3.63) is 10.6 Å². The van der Waals surface area contributed by atoms with Crippen LogP contribution in [0.3, 0.4) is 0 Å². The van der Waals surface area contributed by atoms with Crippen molar-refractivity contribution < 1.29 is 19.5 Å². The van der Waals surface area contributed by atoms with Gasteiger partial charge in [-0.3, -0.25) is 10.1 Å². The highest BCUT2D eigenvalue weighted by Gasteiger charge is 2.15. The number of urea groups is 1. The number of aryl methyl sites for hydroxylation is 1. The molecule has 0 unspecified atom stereocenters. The molecule has 1 rings (SSSR count). The lowest BCUT2D eigenvalue weighted by atomic mass is 10.4. The quantitative estimate of drug-likeness (QED) is 0.704. The Morgan fingerprint density at radius 2 is 2.11 bits per heavy atom. The Morgan fingerprint density at radius 1 is 1.44 bits per heavy atom. The molecule has 1 heterocycles. The Hall–Kier alpha value is -1.61. The van der Waals surface area contributed by atoms with Crippen LogP contribution >= 0.6 is 23.1 Å². The topological polar surface area (TPSA) is 108 Å². The third kappa shape index (κ3) is 4.00. The maximum absolute atomic E-state index is 11.3. The predicted molar refractivity (Wildman–Crippen MR) is 67.1 cm³/mol. The number of carbonyl (C=O) groups excluding carboxylic acids is 2. The molecule has 18 heavy (non-hydrogen) atoms. The van der Waals surface area contributed by atoms with Crippen LogP contribution in [-0.2, 0) is 4.79 Å². The highest BCUT2D eigenvalue weighted by Crippen LogP contribution is 2.26. The molecule has 7 nitrogen and oxygen atoms in total. The van der Waals surface area contributed by atoms with Crippen molar-refractivity contribution >= 4 is 41.0 Å². The molecule has 0 atom stereocenters. The van der Waals surface area contributed by atoms with Gasteiger partial charge in [-0.05, 0) is 6.92 Å². The van der Waals surface area contributed by atoms with Gasteiger partial charge < -0.3 is 10.4 Å². The zero-order chi connectivity index (χ0) is 13.7. The van der Waals surface area contributed by atoms with Gasteiger partial charge in [-0.15, -0.1) is 11.3 Å². The van der Waals surface area contributed by atoms with Gasteiger partial charge >= 0.3 is 12.0 Å². The van der Waals surface area contributed by atoms with E-state index < -0.39 is 17.9 Å².